The molecule has 0 saturated carbocycles. The molecule has 0 spiro atoms. The molecule has 4 aromatic rings. The second kappa shape index (κ2) is 7.69. The molecular formula is C19H19N9OS. The van der Waals surface area contributed by atoms with Crippen LogP contribution in [0.4, 0.5) is 17.5 Å². The third-order valence-corrected chi connectivity index (χ3v) is 5.81. The minimum Gasteiger partial charge on any atom is -0.365 e. The van der Waals surface area contributed by atoms with E-state index in [4.69, 9.17) is 5.73 Å². The van der Waals surface area contributed by atoms with Crippen LogP contribution in [-0.4, -0.2) is 56.4 Å². The fourth-order valence-corrected chi connectivity index (χ4v) is 4.12. The van der Waals surface area contributed by atoms with Crippen LogP contribution in [0.3, 0.4) is 0 Å². The third-order valence-electron chi connectivity index (χ3n) is 4.87. The number of hydrogen-bond acceptors (Lipinski definition) is 9. The Labute approximate surface area is 175 Å². The lowest BCUT2D eigenvalue weighted by molar-refractivity contribution is 0.100. The molecule has 0 unspecified atom stereocenters. The van der Waals surface area contributed by atoms with Crippen molar-refractivity contribution in [3.8, 4) is 11.3 Å². The molecule has 0 aliphatic carbocycles. The van der Waals surface area contributed by atoms with Gasteiger partial charge in [-0.15, -0.1) is 11.3 Å². The number of carbonyl (C=O) groups is 1. The highest BCUT2D eigenvalue weighted by molar-refractivity contribution is 7.12. The zero-order chi connectivity index (χ0) is 20.5. The monoisotopic (exact) mass is 421 g/mol. The highest BCUT2D eigenvalue weighted by atomic mass is 32.1. The molecule has 4 N–H and O–H groups in total. The van der Waals surface area contributed by atoms with E-state index >= 15 is 0 Å². The standard InChI is InChI=1S/C19H19N9OS/c20-16(29)15-7-12(11-30-15)14-10-23-17(18-22-3-6-28(14)18)26-13-8-24-19(25-9-13)27-4-1-21-2-5-27/h3,6-11,21H,1-2,4-5H2,(H2,20,29)(H,23,26). The molecule has 30 heavy (non-hydrogen) atoms. The van der Waals surface area contributed by atoms with Crippen LogP contribution in [0.25, 0.3) is 16.9 Å². The predicted octanol–water partition coefficient (Wildman–Crippen LogP) is 1.50. The maximum atomic E-state index is 11.4. The first-order valence-electron chi connectivity index (χ1n) is 9.44. The summed E-state index contributed by atoms with van der Waals surface area (Å²) in [5.41, 5.74) is 8.44. The van der Waals surface area contributed by atoms with Crippen LogP contribution in [0.15, 0.2) is 42.4 Å². The van der Waals surface area contributed by atoms with E-state index in [1.165, 1.54) is 11.3 Å². The van der Waals surface area contributed by atoms with Crippen LogP contribution in [0.2, 0.25) is 0 Å². The molecule has 10 nitrogen and oxygen atoms in total. The normalized spacial score (nSPS) is 14.2. The zero-order valence-electron chi connectivity index (χ0n) is 15.9. The summed E-state index contributed by atoms with van der Waals surface area (Å²) in [6.07, 6.45) is 8.79. The second-order valence-electron chi connectivity index (χ2n) is 6.81. The molecule has 11 heteroatoms. The van der Waals surface area contributed by atoms with E-state index in [0.29, 0.717) is 16.3 Å². The molecule has 0 radical (unpaired) electrons. The number of amides is 1. The van der Waals surface area contributed by atoms with Gasteiger partial charge < -0.3 is 21.3 Å². The van der Waals surface area contributed by atoms with Crippen LogP contribution >= 0.6 is 11.3 Å². The number of piperazine rings is 1. The van der Waals surface area contributed by atoms with Crippen molar-refractivity contribution in [1.82, 2.24) is 29.7 Å². The number of hydrogen-bond donors (Lipinski definition) is 3. The Kier molecular flexibility index (Phi) is 4.73. The minimum atomic E-state index is -0.441. The van der Waals surface area contributed by atoms with Crippen molar-refractivity contribution < 1.29 is 4.79 Å². The van der Waals surface area contributed by atoms with Gasteiger partial charge in [-0.1, -0.05) is 0 Å². The molecule has 5 rings (SSSR count). The number of aromatic nitrogens is 5. The van der Waals surface area contributed by atoms with Gasteiger partial charge in [0.15, 0.2) is 11.5 Å². The van der Waals surface area contributed by atoms with E-state index < -0.39 is 5.91 Å². The number of rotatable bonds is 5. The fourth-order valence-electron chi connectivity index (χ4n) is 3.37. The summed E-state index contributed by atoms with van der Waals surface area (Å²) in [6, 6.07) is 1.76. The van der Waals surface area contributed by atoms with Crippen LogP contribution in [-0.2, 0) is 0 Å². The van der Waals surface area contributed by atoms with Crippen molar-refractivity contribution in [3.63, 3.8) is 0 Å². The molecule has 0 aromatic carbocycles. The van der Waals surface area contributed by atoms with E-state index in [1.807, 2.05) is 16.0 Å². The average Bonchev–Trinajstić information content (AvgIpc) is 3.46. The summed E-state index contributed by atoms with van der Waals surface area (Å²) >= 11 is 1.31. The van der Waals surface area contributed by atoms with Gasteiger partial charge in [-0.05, 0) is 6.07 Å². The predicted molar refractivity (Wildman–Crippen MR) is 115 cm³/mol. The Morgan fingerprint density at radius 3 is 2.67 bits per heavy atom. The first-order chi connectivity index (χ1) is 14.7. The van der Waals surface area contributed by atoms with Gasteiger partial charge >= 0.3 is 0 Å². The van der Waals surface area contributed by atoms with Crippen LogP contribution < -0.4 is 21.3 Å². The molecular weight excluding hydrogens is 402 g/mol. The highest BCUT2D eigenvalue weighted by Crippen LogP contribution is 2.28. The second-order valence-corrected chi connectivity index (χ2v) is 7.72. The Hall–Kier alpha value is -3.57. The van der Waals surface area contributed by atoms with Crippen molar-refractivity contribution in [2.24, 2.45) is 5.73 Å². The average molecular weight is 421 g/mol. The Balaban J connectivity index is 1.41. The van der Waals surface area contributed by atoms with Gasteiger partial charge in [0.05, 0.1) is 34.8 Å². The highest BCUT2D eigenvalue weighted by Gasteiger charge is 2.15. The summed E-state index contributed by atoms with van der Waals surface area (Å²) in [5.74, 6) is 0.871. The van der Waals surface area contributed by atoms with Crippen LogP contribution in [0.5, 0.6) is 0 Å². The maximum Gasteiger partial charge on any atom is 0.258 e. The molecule has 5 heterocycles. The van der Waals surface area contributed by atoms with Crippen molar-refractivity contribution in [1.29, 1.82) is 0 Å². The first kappa shape index (κ1) is 18.5. The van der Waals surface area contributed by atoms with E-state index in [2.05, 4.69) is 35.5 Å². The number of carbonyl (C=O) groups excluding carboxylic acids is 1. The van der Waals surface area contributed by atoms with E-state index in [-0.39, 0.29) is 0 Å². The van der Waals surface area contributed by atoms with Crippen LogP contribution in [0, 0.1) is 0 Å². The zero-order valence-corrected chi connectivity index (χ0v) is 16.8. The quantitative estimate of drug-likeness (QED) is 0.443. The number of nitrogens with two attached hydrogens (primary N) is 1. The minimum absolute atomic E-state index is 0.441. The van der Waals surface area contributed by atoms with Gasteiger partial charge in [-0.25, -0.2) is 19.9 Å². The first-order valence-corrected chi connectivity index (χ1v) is 10.3. The number of anilines is 3. The summed E-state index contributed by atoms with van der Waals surface area (Å²) in [5, 5.41) is 8.44. The number of nitrogens with one attached hydrogen (secondary N) is 2. The Morgan fingerprint density at radius 2 is 1.93 bits per heavy atom. The van der Waals surface area contributed by atoms with Gasteiger partial charge in [-0.3, -0.25) is 9.20 Å². The summed E-state index contributed by atoms with van der Waals surface area (Å²) in [4.78, 5) is 32.0. The number of imidazole rings is 1. The number of nitrogens with zero attached hydrogens (tertiary/aromatic N) is 6. The lowest BCUT2D eigenvalue weighted by Crippen LogP contribution is -2.44. The molecule has 1 fully saturated rings. The Bertz CT molecular complexity index is 1190. The molecule has 152 valence electrons. The van der Waals surface area contributed by atoms with Crippen molar-refractivity contribution in [3.05, 3.63) is 47.3 Å². The number of fused-ring (bicyclic) bond motifs is 1. The topological polar surface area (TPSA) is 126 Å². The van der Waals surface area contributed by atoms with Crippen molar-refractivity contribution in [2.75, 3.05) is 36.4 Å². The smallest absolute Gasteiger partial charge is 0.258 e. The lowest BCUT2D eigenvalue weighted by atomic mass is 10.2. The summed E-state index contributed by atoms with van der Waals surface area (Å²) in [6.45, 7) is 3.65. The van der Waals surface area contributed by atoms with Gasteiger partial charge in [0.25, 0.3) is 5.91 Å². The van der Waals surface area contributed by atoms with Crippen LogP contribution in [0.1, 0.15) is 9.67 Å². The van der Waals surface area contributed by atoms with E-state index in [1.54, 1.807) is 30.9 Å². The van der Waals surface area contributed by atoms with Crippen molar-refractivity contribution >= 4 is 40.3 Å². The van der Waals surface area contributed by atoms with E-state index in [0.717, 1.165) is 49.1 Å². The van der Waals surface area contributed by atoms with Gasteiger partial charge in [0, 0.05) is 49.5 Å². The molecule has 1 aliphatic rings. The maximum absolute atomic E-state index is 11.4. The summed E-state index contributed by atoms with van der Waals surface area (Å²) < 4.78 is 1.91. The van der Waals surface area contributed by atoms with Gasteiger partial charge in [0.2, 0.25) is 5.95 Å². The molecule has 1 saturated heterocycles. The SMILES string of the molecule is NC(=O)c1cc(-c2cnc(Nc3cnc(N4CCNCC4)nc3)c3nccn23)cs1. The van der Waals surface area contributed by atoms with Gasteiger partial charge in [-0.2, -0.15) is 0 Å². The lowest BCUT2D eigenvalue weighted by Gasteiger charge is -2.27. The number of primary amides is 1. The molecule has 4 aromatic heterocycles. The fraction of sp³-hybridized carbons (Fsp3) is 0.211. The van der Waals surface area contributed by atoms with Gasteiger partial charge in [0.1, 0.15) is 0 Å². The molecule has 0 atom stereocenters. The molecule has 1 amide bonds. The largest absolute Gasteiger partial charge is 0.365 e. The third kappa shape index (κ3) is 3.44. The molecule has 1 aliphatic heterocycles. The summed E-state index contributed by atoms with van der Waals surface area (Å²) in [7, 11) is 0. The Morgan fingerprint density at radius 1 is 1.13 bits per heavy atom. The van der Waals surface area contributed by atoms with E-state index in [9.17, 15) is 4.79 Å². The number of thiophene rings is 1. The molecule has 0 bridgehead atoms. The van der Waals surface area contributed by atoms with Crippen molar-refractivity contribution in [2.45, 2.75) is 0 Å².